The van der Waals surface area contributed by atoms with Crippen molar-refractivity contribution in [3.05, 3.63) is 53.3 Å². The Balaban J connectivity index is 2.32. The van der Waals surface area contributed by atoms with Crippen molar-refractivity contribution in [1.82, 2.24) is 9.38 Å². The molecule has 2 aromatic heterocycles. The Labute approximate surface area is 132 Å². The largest absolute Gasteiger partial charge is 0.496 e. The van der Waals surface area contributed by atoms with Crippen LogP contribution in [0.4, 0.5) is 0 Å². The van der Waals surface area contributed by atoms with Crippen molar-refractivity contribution in [1.29, 1.82) is 0 Å². The molecule has 0 radical (unpaired) electrons. The molecule has 6 heteroatoms. The van der Waals surface area contributed by atoms with Gasteiger partial charge in [0.15, 0.2) is 5.15 Å². The summed E-state index contributed by atoms with van der Waals surface area (Å²) < 4.78 is 11.9. The zero-order valence-electron chi connectivity index (χ0n) is 12.0. The summed E-state index contributed by atoms with van der Waals surface area (Å²) in [6.07, 6.45) is 1.79. The van der Waals surface area contributed by atoms with E-state index in [9.17, 15) is 4.79 Å². The van der Waals surface area contributed by atoms with Crippen LogP contribution < -0.4 is 4.74 Å². The van der Waals surface area contributed by atoms with E-state index in [1.165, 1.54) is 7.11 Å². The van der Waals surface area contributed by atoms with E-state index in [0.29, 0.717) is 22.7 Å². The molecule has 0 saturated carbocycles. The van der Waals surface area contributed by atoms with E-state index in [0.717, 1.165) is 5.56 Å². The van der Waals surface area contributed by atoms with E-state index >= 15 is 0 Å². The first-order chi connectivity index (χ1) is 10.7. The Bertz CT molecular complexity index is 858. The molecule has 2 heterocycles. The third-order valence-electron chi connectivity index (χ3n) is 3.37. The molecule has 0 aliphatic heterocycles. The minimum absolute atomic E-state index is 0.238. The topological polar surface area (TPSA) is 52.8 Å². The predicted octanol–water partition coefficient (Wildman–Crippen LogP) is 3.45. The number of halogens is 1. The smallest absolute Gasteiger partial charge is 0.340 e. The molecule has 0 bridgehead atoms. The van der Waals surface area contributed by atoms with Gasteiger partial charge in [0.2, 0.25) is 0 Å². The molecular formula is C16H13ClN2O3. The van der Waals surface area contributed by atoms with Gasteiger partial charge in [-0.15, -0.1) is 0 Å². The summed E-state index contributed by atoms with van der Waals surface area (Å²) in [7, 11) is 2.92. The number of fused-ring (bicyclic) bond motifs is 1. The molecule has 22 heavy (non-hydrogen) atoms. The number of esters is 1. The van der Waals surface area contributed by atoms with Crippen LogP contribution >= 0.6 is 11.6 Å². The highest BCUT2D eigenvalue weighted by atomic mass is 35.5. The average Bonchev–Trinajstić information content (AvgIpc) is 2.91. The second-order valence-electron chi connectivity index (χ2n) is 4.56. The minimum Gasteiger partial charge on any atom is -0.496 e. The molecular weight excluding hydrogens is 304 g/mol. The van der Waals surface area contributed by atoms with E-state index in [1.54, 1.807) is 29.8 Å². The van der Waals surface area contributed by atoms with Crippen LogP contribution in [0.25, 0.3) is 16.9 Å². The molecule has 0 N–H and O–H groups in total. The minimum atomic E-state index is -0.459. The first kappa shape index (κ1) is 14.4. The summed E-state index contributed by atoms with van der Waals surface area (Å²) in [5, 5.41) is 0.238. The standard InChI is InChI=1S/C16H13ClN2O3/c1-21-12-8-4-3-6-10(12)15-18-14(17)13-11(16(20)22-2)7-5-9-19(13)15/h3-9H,1-2H3. The molecule has 5 nitrogen and oxygen atoms in total. The molecule has 0 spiro atoms. The van der Waals surface area contributed by atoms with Crippen LogP contribution in [0.15, 0.2) is 42.6 Å². The Morgan fingerprint density at radius 1 is 1.18 bits per heavy atom. The van der Waals surface area contributed by atoms with Gasteiger partial charge in [0.25, 0.3) is 0 Å². The van der Waals surface area contributed by atoms with Crippen molar-refractivity contribution in [2.75, 3.05) is 14.2 Å². The van der Waals surface area contributed by atoms with Gasteiger partial charge in [0.05, 0.1) is 30.9 Å². The van der Waals surface area contributed by atoms with Gasteiger partial charge >= 0.3 is 5.97 Å². The summed E-state index contributed by atoms with van der Waals surface area (Å²) in [4.78, 5) is 16.3. The summed E-state index contributed by atoms with van der Waals surface area (Å²) >= 11 is 6.25. The highest BCUT2D eigenvalue weighted by Crippen LogP contribution is 2.33. The van der Waals surface area contributed by atoms with Crippen LogP contribution in [-0.4, -0.2) is 29.6 Å². The Morgan fingerprint density at radius 2 is 1.95 bits per heavy atom. The Kier molecular flexibility index (Phi) is 3.73. The van der Waals surface area contributed by atoms with Crippen molar-refractivity contribution in [2.45, 2.75) is 0 Å². The summed E-state index contributed by atoms with van der Waals surface area (Å²) in [6, 6.07) is 10.9. The van der Waals surface area contributed by atoms with Gasteiger partial charge < -0.3 is 9.47 Å². The van der Waals surface area contributed by atoms with E-state index < -0.39 is 5.97 Å². The van der Waals surface area contributed by atoms with Crippen LogP contribution in [0.2, 0.25) is 5.15 Å². The molecule has 3 aromatic rings. The quantitative estimate of drug-likeness (QED) is 0.694. The van der Waals surface area contributed by atoms with E-state index in [4.69, 9.17) is 21.1 Å². The molecule has 1 aromatic carbocycles. The van der Waals surface area contributed by atoms with Gasteiger partial charge in [-0.25, -0.2) is 9.78 Å². The van der Waals surface area contributed by atoms with Crippen molar-refractivity contribution < 1.29 is 14.3 Å². The maximum Gasteiger partial charge on any atom is 0.340 e. The third kappa shape index (κ3) is 2.19. The monoisotopic (exact) mass is 316 g/mol. The van der Waals surface area contributed by atoms with Crippen LogP contribution in [-0.2, 0) is 4.74 Å². The van der Waals surface area contributed by atoms with Crippen LogP contribution in [0.5, 0.6) is 5.75 Å². The van der Waals surface area contributed by atoms with Crippen molar-refractivity contribution in [3.63, 3.8) is 0 Å². The first-order valence-corrected chi connectivity index (χ1v) is 6.93. The fraction of sp³-hybridized carbons (Fsp3) is 0.125. The molecule has 3 rings (SSSR count). The van der Waals surface area contributed by atoms with Crippen molar-refractivity contribution >= 4 is 23.1 Å². The number of pyridine rings is 1. The van der Waals surface area contributed by atoms with Gasteiger partial charge in [0.1, 0.15) is 11.6 Å². The van der Waals surface area contributed by atoms with Gasteiger partial charge in [-0.2, -0.15) is 0 Å². The Hall–Kier alpha value is -2.53. The average molecular weight is 317 g/mol. The highest BCUT2D eigenvalue weighted by Gasteiger charge is 2.20. The van der Waals surface area contributed by atoms with E-state index in [2.05, 4.69) is 4.98 Å². The maximum atomic E-state index is 11.9. The van der Waals surface area contributed by atoms with Gasteiger partial charge in [-0.1, -0.05) is 23.7 Å². The number of aromatic nitrogens is 2. The lowest BCUT2D eigenvalue weighted by atomic mass is 10.2. The number of nitrogens with zero attached hydrogens (tertiary/aromatic N) is 2. The third-order valence-corrected chi connectivity index (χ3v) is 3.64. The zero-order chi connectivity index (χ0) is 15.7. The zero-order valence-corrected chi connectivity index (χ0v) is 12.8. The second kappa shape index (κ2) is 5.69. The van der Waals surface area contributed by atoms with Gasteiger partial charge in [0, 0.05) is 6.20 Å². The van der Waals surface area contributed by atoms with Crippen molar-refractivity contribution in [2.24, 2.45) is 0 Å². The number of carbonyl (C=O) groups excluding carboxylic acids is 1. The Morgan fingerprint density at radius 3 is 2.68 bits per heavy atom. The molecule has 0 aliphatic rings. The fourth-order valence-corrected chi connectivity index (χ4v) is 2.66. The fourth-order valence-electron chi connectivity index (χ4n) is 2.39. The number of rotatable bonds is 3. The number of carbonyl (C=O) groups is 1. The number of hydrogen-bond acceptors (Lipinski definition) is 4. The molecule has 0 atom stereocenters. The molecule has 0 saturated heterocycles. The number of ether oxygens (including phenoxy) is 2. The van der Waals surface area contributed by atoms with Crippen molar-refractivity contribution in [3.8, 4) is 17.1 Å². The van der Waals surface area contributed by atoms with Crippen LogP contribution in [0.1, 0.15) is 10.4 Å². The molecule has 0 unspecified atom stereocenters. The van der Waals surface area contributed by atoms with Crippen LogP contribution in [0, 0.1) is 0 Å². The SMILES string of the molecule is COC(=O)c1cccn2c(-c3ccccc3OC)nc(Cl)c12. The summed E-state index contributed by atoms with van der Waals surface area (Å²) in [5.41, 5.74) is 1.66. The normalized spacial score (nSPS) is 10.7. The lowest BCUT2D eigenvalue weighted by molar-refractivity contribution is 0.0602. The lowest BCUT2D eigenvalue weighted by Gasteiger charge is -2.08. The number of benzene rings is 1. The molecule has 0 fully saturated rings. The highest BCUT2D eigenvalue weighted by molar-refractivity contribution is 6.34. The number of hydrogen-bond donors (Lipinski definition) is 0. The second-order valence-corrected chi connectivity index (χ2v) is 4.92. The number of imidazole rings is 1. The van der Waals surface area contributed by atoms with E-state index in [1.807, 2.05) is 24.3 Å². The summed E-state index contributed by atoms with van der Waals surface area (Å²) in [6.45, 7) is 0. The molecule has 0 aliphatic carbocycles. The van der Waals surface area contributed by atoms with Crippen LogP contribution in [0.3, 0.4) is 0 Å². The molecule has 112 valence electrons. The lowest BCUT2D eigenvalue weighted by Crippen LogP contribution is -2.04. The number of para-hydroxylation sites is 1. The molecule has 0 amide bonds. The first-order valence-electron chi connectivity index (χ1n) is 6.55. The maximum absolute atomic E-state index is 11.9. The van der Waals surface area contributed by atoms with Gasteiger partial charge in [-0.05, 0) is 24.3 Å². The van der Waals surface area contributed by atoms with E-state index in [-0.39, 0.29) is 5.15 Å². The number of methoxy groups -OCH3 is 2. The summed E-state index contributed by atoms with van der Waals surface area (Å²) in [5.74, 6) is 0.816. The van der Waals surface area contributed by atoms with Gasteiger partial charge in [-0.3, -0.25) is 4.40 Å². The predicted molar refractivity (Wildman–Crippen MR) is 83.5 cm³/mol.